The molecule has 0 aliphatic carbocycles. The van der Waals surface area contributed by atoms with Crippen LogP contribution in [0.25, 0.3) is 11.4 Å². The van der Waals surface area contributed by atoms with Gasteiger partial charge in [-0.05, 0) is 12.1 Å². The first-order valence-corrected chi connectivity index (χ1v) is 4.30. The summed E-state index contributed by atoms with van der Waals surface area (Å²) in [5.74, 6) is 0.744. The van der Waals surface area contributed by atoms with E-state index in [9.17, 15) is 0 Å². The topological polar surface area (TPSA) is 65.6 Å². The molecule has 2 aromatic heterocycles. The van der Waals surface area contributed by atoms with Crippen LogP contribution in [0.1, 0.15) is 0 Å². The molecule has 3 N–H and O–H groups in total. The first kappa shape index (κ1) is 8.71. The van der Waals surface area contributed by atoms with E-state index < -0.39 is 0 Å². The van der Waals surface area contributed by atoms with Gasteiger partial charge in [0.25, 0.3) is 0 Å². The quantitative estimate of drug-likeness (QED) is 0.631. The van der Waals surface area contributed by atoms with E-state index in [1.54, 1.807) is 13.2 Å². The van der Waals surface area contributed by atoms with E-state index in [4.69, 9.17) is 0 Å². The lowest BCUT2D eigenvalue weighted by Crippen LogP contribution is -2.14. The van der Waals surface area contributed by atoms with Crippen molar-refractivity contribution in [2.75, 3.05) is 12.5 Å². The molecular weight excluding hydrogens is 178 g/mol. The van der Waals surface area contributed by atoms with Crippen LogP contribution in [0.2, 0.25) is 0 Å². The monoisotopic (exact) mass is 189 g/mol. The molecule has 0 atom stereocenters. The molecule has 0 unspecified atom stereocenters. The standard InChI is InChI=1S/C9H11N5/c1-10-13-9-6-8(12-14-9)7-4-2-3-5-11-7/h2-6,10H,1H3,(H2,12,13,14). The Bertz CT molecular complexity index is 395. The molecule has 0 saturated carbocycles. The minimum Gasteiger partial charge on any atom is -0.305 e. The Hall–Kier alpha value is -1.88. The molecule has 5 heteroatoms. The van der Waals surface area contributed by atoms with Gasteiger partial charge in [0.1, 0.15) is 0 Å². The summed E-state index contributed by atoms with van der Waals surface area (Å²) in [5.41, 5.74) is 7.44. The van der Waals surface area contributed by atoms with Gasteiger partial charge < -0.3 is 5.43 Å². The van der Waals surface area contributed by atoms with Crippen molar-refractivity contribution in [3.05, 3.63) is 30.5 Å². The van der Waals surface area contributed by atoms with Gasteiger partial charge in [-0.25, -0.2) is 5.43 Å². The largest absolute Gasteiger partial charge is 0.305 e. The minimum atomic E-state index is 0.744. The zero-order chi connectivity index (χ0) is 9.80. The molecule has 72 valence electrons. The number of hydrogen-bond acceptors (Lipinski definition) is 4. The third kappa shape index (κ3) is 1.72. The zero-order valence-corrected chi connectivity index (χ0v) is 7.78. The van der Waals surface area contributed by atoms with Crippen molar-refractivity contribution in [1.82, 2.24) is 20.6 Å². The van der Waals surface area contributed by atoms with Crippen LogP contribution < -0.4 is 10.9 Å². The molecule has 5 nitrogen and oxygen atoms in total. The third-order valence-electron chi connectivity index (χ3n) is 1.77. The van der Waals surface area contributed by atoms with Gasteiger partial charge in [0.2, 0.25) is 0 Å². The molecule has 0 aliphatic heterocycles. The van der Waals surface area contributed by atoms with Crippen LogP contribution in [-0.2, 0) is 0 Å². The molecule has 0 radical (unpaired) electrons. The van der Waals surface area contributed by atoms with Gasteiger partial charge in [-0.15, -0.1) is 0 Å². The number of hydrazine groups is 1. The summed E-state index contributed by atoms with van der Waals surface area (Å²) in [4.78, 5) is 4.20. The second-order valence-electron chi connectivity index (χ2n) is 2.76. The Morgan fingerprint density at radius 1 is 1.36 bits per heavy atom. The maximum absolute atomic E-state index is 4.20. The minimum absolute atomic E-state index is 0.744. The van der Waals surface area contributed by atoms with Crippen LogP contribution >= 0.6 is 0 Å². The number of anilines is 1. The molecule has 0 fully saturated rings. The Kier molecular flexibility index (Phi) is 2.42. The number of aromatic nitrogens is 3. The molecule has 2 rings (SSSR count). The smallest absolute Gasteiger partial charge is 0.162 e. The van der Waals surface area contributed by atoms with Crippen LogP contribution in [0.3, 0.4) is 0 Å². The average Bonchev–Trinajstić information content (AvgIpc) is 2.68. The Labute approximate surface area is 81.5 Å². The maximum Gasteiger partial charge on any atom is 0.162 e. The normalized spacial score (nSPS) is 10.1. The van der Waals surface area contributed by atoms with Crippen molar-refractivity contribution >= 4 is 5.82 Å². The third-order valence-corrected chi connectivity index (χ3v) is 1.77. The number of pyridine rings is 1. The number of aromatic amines is 1. The molecule has 0 aromatic carbocycles. The van der Waals surface area contributed by atoms with Crippen molar-refractivity contribution in [1.29, 1.82) is 0 Å². The van der Waals surface area contributed by atoms with Gasteiger partial charge >= 0.3 is 0 Å². The van der Waals surface area contributed by atoms with Gasteiger partial charge in [-0.1, -0.05) is 6.07 Å². The van der Waals surface area contributed by atoms with E-state index in [2.05, 4.69) is 26.0 Å². The van der Waals surface area contributed by atoms with E-state index in [-0.39, 0.29) is 0 Å². The van der Waals surface area contributed by atoms with Crippen LogP contribution in [0.4, 0.5) is 5.82 Å². The van der Waals surface area contributed by atoms with Crippen molar-refractivity contribution in [2.24, 2.45) is 0 Å². The van der Waals surface area contributed by atoms with Crippen LogP contribution in [0, 0.1) is 0 Å². The first-order chi connectivity index (χ1) is 6.90. The zero-order valence-electron chi connectivity index (χ0n) is 7.78. The van der Waals surface area contributed by atoms with E-state index in [1.165, 1.54) is 0 Å². The lowest BCUT2D eigenvalue weighted by molar-refractivity contribution is 0.952. The summed E-state index contributed by atoms with van der Waals surface area (Å²) in [5, 5.41) is 6.94. The molecule has 0 aliphatic rings. The Balaban J connectivity index is 2.25. The summed E-state index contributed by atoms with van der Waals surface area (Å²) >= 11 is 0. The van der Waals surface area contributed by atoms with Gasteiger partial charge in [-0.3, -0.25) is 10.1 Å². The van der Waals surface area contributed by atoms with Crippen LogP contribution in [0.15, 0.2) is 30.5 Å². The van der Waals surface area contributed by atoms with Crippen molar-refractivity contribution in [2.45, 2.75) is 0 Å². The highest BCUT2D eigenvalue weighted by Crippen LogP contribution is 2.15. The molecule has 2 heterocycles. The van der Waals surface area contributed by atoms with Gasteiger partial charge in [0.15, 0.2) is 5.82 Å². The van der Waals surface area contributed by atoms with E-state index in [0.29, 0.717) is 0 Å². The maximum atomic E-state index is 4.20. The molecule has 2 aromatic rings. The highest BCUT2D eigenvalue weighted by atomic mass is 15.4. The molecule has 0 bridgehead atoms. The van der Waals surface area contributed by atoms with Crippen LogP contribution in [0.5, 0.6) is 0 Å². The fraction of sp³-hybridized carbons (Fsp3) is 0.111. The number of H-pyrrole nitrogens is 1. The number of hydrogen-bond donors (Lipinski definition) is 3. The van der Waals surface area contributed by atoms with Crippen molar-refractivity contribution in [3.8, 4) is 11.4 Å². The molecule has 0 saturated heterocycles. The predicted molar refractivity (Wildman–Crippen MR) is 54.5 cm³/mol. The summed E-state index contributed by atoms with van der Waals surface area (Å²) in [6.07, 6.45) is 1.75. The summed E-state index contributed by atoms with van der Waals surface area (Å²) in [6, 6.07) is 7.64. The molecular formula is C9H11N5. The highest BCUT2D eigenvalue weighted by molar-refractivity contribution is 5.58. The van der Waals surface area contributed by atoms with Crippen molar-refractivity contribution < 1.29 is 0 Å². The highest BCUT2D eigenvalue weighted by Gasteiger charge is 2.02. The van der Waals surface area contributed by atoms with E-state index >= 15 is 0 Å². The second-order valence-corrected chi connectivity index (χ2v) is 2.76. The average molecular weight is 189 g/mol. The number of nitrogens with one attached hydrogen (secondary N) is 3. The van der Waals surface area contributed by atoms with E-state index in [0.717, 1.165) is 17.2 Å². The number of rotatable bonds is 3. The van der Waals surface area contributed by atoms with Crippen molar-refractivity contribution in [3.63, 3.8) is 0 Å². The van der Waals surface area contributed by atoms with Gasteiger partial charge in [0, 0.05) is 19.3 Å². The van der Waals surface area contributed by atoms with Gasteiger partial charge in [0.05, 0.1) is 11.4 Å². The Morgan fingerprint density at radius 2 is 2.29 bits per heavy atom. The predicted octanol–water partition coefficient (Wildman–Crippen LogP) is 1.02. The fourth-order valence-corrected chi connectivity index (χ4v) is 1.17. The van der Waals surface area contributed by atoms with Gasteiger partial charge in [-0.2, -0.15) is 5.10 Å². The summed E-state index contributed by atoms with van der Waals surface area (Å²) in [6.45, 7) is 0. The lowest BCUT2D eigenvalue weighted by atomic mass is 10.3. The molecule has 0 amide bonds. The SMILES string of the molecule is CNNc1cc(-c2ccccn2)[nH]n1. The second kappa shape index (κ2) is 3.89. The van der Waals surface area contributed by atoms with Crippen LogP contribution in [-0.4, -0.2) is 22.2 Å². The Morgan fingerprint density at radius 3 is 3.00 bits per heavy atom. The molecule has 14 heavy (non-hydrogen) atoms. The van der Waals surface area contributed by atoms with E-state index in [1.807, 2.05) is 24.3 Å². The fourth-order valence-electron chi connectivity index (χ4n) is 1.17. The number of nitrogens with zero attached hydrogens (tertiary/aromatic N) is 2. The molecule has 0 spiro atoms. The summed E-state index contributed by atoms with van der Waals surface area (Å²) < 4.78 is 0. The lowest BCUT2D eigenvalue weighted by Gasteiger charge is -1.95. The summed E-state index contributed by atoms with van der Waals surface area (Å²) in [7, 11) is 1.79. The first-order valence-electron chi connectivity index (χ1n) is 4.30.